The number of para-hydroxylation sites is 1. The maximum absolute atomic E-state index is 13.7. The fourth-order valence-corrected chi connectivity index (χ4v) is 6.53. The number of nitrogens with zero attached hydrogens (tertiary/aromatic N) is 2. The molecule has 136 valence electrons. The van der Waals surface area contributed by atoms with Gasteiger partial charge in [-0.05, 0) is 49.8 Å². The normalized spacial score (nSPS) is 17.5. The van der Waals surface area contributed by atoms with Crippen molar-refractivity contribution >= 4 is 25.2 Å². The van der Waals surface area contributed by atoms with Crippen LogP contribution in [0, 0.1) is 0 Å². The summed E-state index contributed by atoms with van der Waals surface area (Å²) in [5.41, 5.74) is 7.49. The van der Waals surface area contributed by atoms with Gasteiger partial charge in [0.2, 0.25) is 0 Å². The quantitative estimate of drug-likeness (QED) is 0.403. The van der Waals surface area contributed by atoms with E-state index in [0.717, 1.165) is 44.5 Å². The molecule has 1 unspecified atom stereocenters. The van der Waals surface area contributed by atoms with Gasteiger partial charge in [-0.25, -0.2) is 8.75 Å². The summed E-state index contributed by atoms with van der Waals surface area (Å²) in [5.74, 6) is 0. The van der Waals surface area contributed by atoms with Crippen LogP contribution in [0.2, 0.25) is 0 Å². The number of hydrogen-bond donors (Lipinski definition) is 1. The molecule has 1 atom stereocenters. The molecule has 0 amide bonds. The molecule has 1 aromatic carbocycles. The van der Waals surface area contributed by atoms with Crippen LogP contribution in [0.3, 0.4) is 0 Å². The third-order valence-electron chi connectivity index (χ3n) is 4.48. The summed E-state index contributed by atoms with van der Waals surface area (Å²) in [6.07, 6.45) is 7.89. The third-order valence-corrected chi connectivity index (χ3v) is 8.61. The van der Waals surface area contributed by atoms with E-state index in [2.05, 4.69) is 13.8 Å². The first-order chi connectivity index (χ1) is 11.6. The molecule has 1 aliphatic carbocycles. The van der Waals surface area contributed by atoms with E-state index < -0.39 is 7.59 Å². The molecule has 1 aliphatic rings. The molecule has 1 aromatic rings. The Morgan fingerprint density at radius 2 is 1.71 bits per heavy atom. The maximum atomic E-state index is 13.7. The summed E-state index contributed by atoms with van der Waals surface area (Å²) in [7, 11) is -3.10. The molecule has 1 fully saturated rings. The highest BCUT2D eigenvalue weighted by Crippen LogP contribution is 2.55. The topological polar surface area (TPSA) is 49.6 Å². The third kappa shape index (κ3) is 5.26. The molecule has 24 heavy (non-hydrogen) atoms. The van der Waals surface area contributed by atoms with E-state index in [9.17, 15) is 4.57 Å². The van der Waals surface area contributed by atoms with Crippen LogP contribution in [-0.2, 0) is 4.57 Å². The number of unbranched alkanes of at least 4 members (excludes halogenated alkanes) is 2. The standard InChI is InChI=1S/C18H32N3OPS/c1-3-5-15-20(16-6-4-2)23(19,22)21(24-18-13-10-14-18)17-11-8-7-9-12-17/h7-9,11-12,18H,3-6,10,13-16H2,1-2H3,(H2,19,22). The van der Waals surface area contributed by atoms with Crippen molar-refractivity contribution in [2.75, 3.05) is 17.2 Å². The number of benzene rings is 1. The Hall–Kier alpha value is -0.480. The molecule has 0 aromatic heterocycles. The van der Waals surface area contributed by atoms with Gasteiger partial charge in [0.05, 0.1) is 5.69 Å². The average molecular weight is 370 g/mol. The Labute approximate surface area is 151 Å². The first kappa shape index (κ1) is 19.8. The Morgan fingerprint density at radius 1 is 1.12 bits per heavy atom. The SMILES string of the molecule is CCCCN(CCCC)P(N)(=O)N(SC1CCC1)c1ccccc1. The van der Waals surface area contributed by atoms with Crippen molar-refractivity contribution in [3.63, 3.8) is 0 Å². The van der Waals surface area contributed by atoms with Gasteiger partial charge in [0, 0.05) is 18.3 Å². The van der Waals surface area contributed by atoms with E-state index in [1.54, 1.807) is 11.9 Å². The Morgan fingerprint density at radius 3 is 2.17 bits per heavy atom. The predicted molar refractivity (Wildman–Crippen MR) is 107 cm³/mol. The van der Waals surface area contributed by atoms with Crippen LogP contribution in [0.5, 0.6) is 0 Å². The molecule has 1 saturated carbocycles. The maximum Gasteiger partial charge on any atom is 0.315 e. The van der Waals surface area contributed by atoms with E-state index in [4.69, 9.17) is 5.50 Å². The molecule has 2 rings (SSSR count). The molecule has 4 nitrogen and oxygen atoms in total. The Kier molecular flexibility index (Phi) is 8.15. The minimum atomic E-state index is -3.10. The van der Waals surface area contributed by atoms with Gasteiger partial charge in [0.15, 0.2) is 0 Å². The summed E-state index contributed by atoms with van der Waals surface area (Å²) in [6.45, 7) is 5.94. The largest absolute Gasteiger partial charge is 0.315 e. The van der Waals surface area contributed by atoms with E-state index >= 15 is 0 Å². The van der Waals surface area contributed by atoms with Crippen LogP contribution in [0.1, 0.15) is 58.8 Å². The first-order valence-corrected chi connectivity index (χ1v) is 11.8. The van der Waals surface area contributed by atoms with Crippen LogP contribution in [0.4, 0.5) is 5.69 Å². The summed E-state index contributed by atoms with van der Waals surface area (Å²) in [6, 6.07) is 10.0. The van der Waals surface area contributed by atoms with Crippen LogP contribution < -0.4 is 9.58 Å². The zero-order valence-corrected chi connectivity index (χ0v) is 16.8. The molecule has 0 radical (unpaired) electrons. The molecule has 2 N–H and O–H groups in total. The second kappa shape index (κ2) is 9.86. The predicted octanol–water partition coefficient (Wildman–Crippen LogP) is 5.66. The van der Waals surface area contributed by atoms with E-state index in [-0.39, 0.29) is 0 Å². The second-order valence-electron chi connectivity index (χ2n) is 6.52. The molecule has 0 heterocycles. The fraction of sp³-hybridized carbons (Fsp3) is 0.667. The highest BCUT2D eigenvalue weighted by atomic mass is 32.2. The van der Waals surface area contributed by atoms with Crippen LogP contribution in [0.25, 0.3) is 0 Å². The van der Waals surface area contributed by atoms with Crippen LogP contribution >= 0.6 is 19.5 Å². The summed E-state index contributed by atoms with van der Waals surface area (Å²) < 4.78 is 17.7. The van der Waals surface area contributed by atoms with Gasteiger partial charge in [-0.3, -0.25) is 10.1 Å². The number of hydrogen-bond acceptors (Lipinski definition) is 2. The summed E-state index contributed by atoms with van der Waals surface area (Å²) in [5, 5.41) is 0.543. The van der Waals surface area contributed by atoms with E-state index in [1.807, 2.05) is 39.1 Å². The van der Waals surface area contributed by atoms with Crippen LogP contribution in [-0.4, -0.2) is 23.0 Å². The molecular weight excluding hydrogens is 337 g/mol. The van der Waals surface area contributed by atoms with Crippen molar-refractivity contribution in [2.24, 2.45) is 5.50 Å². The average Bonchev–Trinajstić information content (AvgIpc) is 2.54. The highest BCUT2D eigenvalue weighted by Gasteiger charge is 2.36. The lowest BCUT2D eigenvalue weighted by atomic mass is 10.0. The minimum Gasteiger partial charge on any atom is -0.263 e. The van der Waals surface area contributed by atoms with Gasteiger partial charge in [-0.2, -0.15) is 0 Å². The van der Waals surface area contributed by atoms with Crippen molar-refractivity contribution in [1.82, 2.24) is 4.67 Å². The van der Waals surface area contributed by atoms with Gasteiger partial charge >= 0.3 is 7.59 Å². The monoisotopic (exact) mass is 369 g/mol. The number of nitrogens with two attached hydrogens (primary N) is 1. The molecule has 0 bridgehead atoms. The van der Waals surface area contributed by atoms with Crippen molar-refractivity contribution in [2.45, 2.75) is 64.0 Å². The fourth-order valence-electron chi connectivity index (χ4n) is 2.66. The van der Waals surface area contributed by atoms with Crippen molar-refractivity contribution in [1.29, 1.82) is 0 Å². The van der Waals surface area contributed by atoms with E-state index in [0.29, 0.717) is 5.25 Å². The molecule has 0 saturated heterocycles. The highest BCUT2D eigenvalue weighted by molar-refractivity contribution is 8.07. The molecule has 0 aliphatic heterocycles. The van der Waals surface area contributed by atoms with Gasteiger partial charge in [-0.15, -0.1) is 0 Å². The number of rotatable bonds is 11. The van der Waals surface area contributed by atoms with Gasteiger partial charge < -0.3 is 0 Å². The van der Waals surface area contributed by atoms with Crippen LogP contribution in [0.15, 0.2) is 30.3 Å². The zero-order chi connectivity index (χ0) is 17.4. The van der Waals surface area contributed by atoms with E-state index in [1.165, 1.54) is 19.3 Å². The lowest BCUT2D eigenvalue weighted by Crippen LogP contribution is -2.36. The lowest BCUT2D eigenvalue weighted by molar-refractivity contribution is 0.394. The zero-order valence-electron chi connectivity index (χ0n) is 15.1. The lowest BCUT2D eigenvalue weighted by Gasteiger charge is -2.40. The van der Waals surface area contributed by atoms with Gasteiger partial charge in [0.25, 0.3) is 0 Å². The molecule has 6 heteroatoms. The van der Waals surface area contributed by atoms with Gasteiger partial charge in [-0.1, -0.05) is 51.3 Å². The first-order valence-electron chi connectivity index (χ1n) is 9.26. The van der Waals surface area contributed by atoms with Crippen molar-refractivity contribution < 1.29 is 4.57 Å². The minimum absolute atomic E-state index is 0.543. The Balaban J connectivity index is 2.23. The second-order valence-corrected chi connectivity index (χ2v) is 10.2. The summed E-state index contributed by atoms with van der Waals surface area (Å²) in [4.78, 5) is 0. The molecule has 0 spiro atoms. The molecular formula is C18H32N3OPS. The Bertz CT molecular complexity index is 516. The summed E-state index contributed by atoms with van der Waals surface area (Å²) >= 11 is 1.69. The number of anilines is 1. The smallest absolute Gasteiger partial charge is 0.263 e. The van der Waals surface area contributed by atoms with Gasteiger partial charge in [0.1, 0.15) is 0 Å². The van der Waals surface area contributed by atoms with Crippen molar-refractivity contribution in [3.05, 3.63) is 30.3 Å². The van der Waals surface area contributed by atoms with Crippen molar-refractivity contribution in [3.8, 4) is 0 Å².